The van der Waals surface area contributed by atoms with Gasteiger partial charge in [0.1, 0.15) is 18.2 Å². The third kappa shape index (κ3) is 3.05. The summed E-state index contributed by atoms with van der Waals surface area (Å²) in [5.41, 5.74) is 3.79. The molecule has 1 atom stereocenters. The number of imidazole rings is 1. The van der Waals surface area contributed by atoms with Crippen LogP contribution in [0.1, 0.15) is 30.0 Å². The lowest BCUT2D eigenvalue weighted by molar-refractivity contribution is 0.202. The van der Waals surface area contributed by atoms with Crippen molar-refractivity contribution in [3.63, 3.8) is 0 Å². The minimum absolute atomic E-state index is 0.00122. The van der Waals surface area contributed by atoms with Gasteiger partial charge in [-0.2, -0.15) is 0 Å². The predicted molar refractivity (Wildman–Crippen MR) is 97.8 cm³/mol. The SMILES string of the molecule is OCCOc1ccccc1-c1nccn1C1CCCc2ccccc21. The molecule has 4 nitrogen and oxygen atoms in total. The van der Waals surface area contributed by atoms with Gasteiger partial charge in [0.05, 0.1) is 18.2 Å². The highest BCUT2D eigenvalue weighted by atomic mass is 16.5. The van der Waals surface area contributed by atoms with Gasteiger partial charge in [-0.25, -0.2) is 4.98 Å². The van der Waals surface area contributed by atoms with Crippen molar-refractivity contribution in [2.24, 2.45) is 0 Å². The molecular weight excluding hydrogens is 312 g/mol. The number of rotatable bonds is 5. The van der Waals surface area contributed by atoms with Gasteiger partial charge >= 0.3 is 0 Å². The number of aliphatic hydroxyl groups is 1. The van der Waals surface area contributed by atoms with Gasteiger partial charge in [-0.1, -0.05) is 36.4 Å². The molecule has 0 spiro atoms. The Morgan fingerprint density at radius 1 is 1.12 bits per heavy atom. The van der Waals surface area contributed by atoms with Gasteiger partial charge in [0, 0.05) is 12.4 Å². The lowest BCUT2D eigenvalue weighted by atomic mass is 9.87. The van der Waals surface area contributed by atoms with Crippen LogP contribution in [0.15, 0.2) is 60.9 Å². The molecule has 0 aliphatic heterocycles. The van der Waals surface area contributed by atoms with Crippen LogP contribution in [0.3, 0.4) is 0 Å². The Balaban J connectivity index is 1.76. The van der Waals surface area contributed by atoms with Crippen LogP contribution in [0, 0.1) is 0 Å². The van der Waals surface area contributed by atoms with Crippen molar-refractivity contribution in [3.05, 3.63) is 72.1 Å². The Kier molecular flexibility index (Phi) is 4.53. The highest BCUT2D eigenvalue weighted by Crippen LogP contribution is 2.37. The summed E-state index contributed by atoms with van der Waals surface area (Å²) >= 11 is 0. The van der Waals surface area contributed by atoms with Crippen molar-refractivity contribution in [1.82, 2.24) is 9.55 Å². The van der Waals surface area contributed by atoms with E-state index in [2.05, 4.69) is 40.0 Å². The molecule has 3 aromatic rings. The van der Waals surface area contributed by atoms with Crippen LogP contribution >= 0.6 is 0 Å². The first-order valence-corrected chi connectivity index (χ1v) is 8.82. The van der Waals surface area contributed by atoms with Crippen LogP contribution in [0.25, 0.3) is 11.4 Å². The number of fused-ring (bicyclic) bond motifs is 1. The highest BCUT2D eigenvalue weighted by Gasteiger charge is 2.24. The normalized spacial score (nSPS) is 16.4. The topological polar surface area (TPSA) is 47.3 Å². The van der Waals surface area contributed by atoms with Crippen molar-refractivity contribution in [2.45, 2.75) is 25.3 Å². The first-order chi connectivity index (χ1) is 12.4. The highest BCUT2D eigenvalue weighted by molar-refractivity contribution is 5.65. The monoisotopic (exact) mass is 334 g/mol. The van der Waals surface area contributed by atoms with Crippen molar-refractivity contribution >= 4 is 0 Å². The van der Waals surface area contributed by atoms with Crippen molar-refractivity contribution in [2.75, 3.05) is 13.2 Å². The summed E-state index contributed by atoms with van der Waals surface area (Å²) in [7, 11) is 0. The zero-order chi connectivity index (χ0) is 17.1. The van der Waals surface area contributed by atoms with Crippen molar-refractivity contribution in [1.29, 1.82) is 0 Å². The Morgan fingerprint density at radius 2 is 1.96 bits per heavy atom. The quantitative estimate of drug-likeness (QED) is 0.771. The van der Waals surface area contributed by atoms with E-state index in [0.717, 1.165) is 30.0 Å². The molecule has 1 aliphatic carbocycles. The molecule has 0 radical (unpaired) electrons. The first kappa shape index (κ1) is 15.9. The van der Waals surface area contributed by atoms with E-state index in [0.29, 0.717) is 6.04 Å². The molecular formula is C21H22N2O2. The fourth-order valence-corrected chi connectivity index (χ4v) is 3.72. The second kappa shape index (κ2) is 7.11. The maximum Gasteiger partial charge on any atom is 0.144 e. The van der Waals surface area contributed by atoms with E-state index < -0.39 is 0 Å². The number of para-hydroxylation sites is 1. The molecule has 2 aromatic carbocycles. The van der Waals surface area contributed by atoms with E-state index in [1.807, 2.05) is 30.5 Å². The summed E-state index contributed by atoms with van der Waals surface area (Å²) in [6, 6.07) is 16.9. The molecule has 1 aliphatic rings. The summed E-state index contributed by atoms with van der Waals surface area (Å²) in [4.78, 5) is 4.62. The number of nitrogens with zero attached hydrogens (tertiary/aromatic N) is 2. The molecule has 25 heavy (non-hydrogen) atoms. The van der Waals surface area contributed by atoms with E-state index in [1.54, 1.807) is 0 Å². The van der Waals surface area contributed by atoms with Gasteiger partial charge in [0.2, 0.25) is 0 Å². The molecule has 0 fully saturated rings. The summed E-state index contributed by atoms with van der Waals surface area (Å²) in [5.74, 6) is 1.67. The molecule has 1 heterocycles. The number of aryl methyl sites for hydroxylation is 1. The van der Waals surface area contributed by atoms with Gasteiger partial charge in [0.25, 0.3) is 0 Å². The number of benzene rings is 2. The molecule has 0 saturated carbocycles. The summed E-state index contributed by atoms with van der Waals surface area (Å²) in [6.07, 6.45) is 7.36. The van der Waals surface area contributed by atoms with Crippen LogP contribution in [0.4, 0.5) is 0 Å². The molecule has 128 valence electrons. The number of hydrogen-bond acceptors (Lipinski definition) is 3. The zero-order valence-electron chi connectivity index (χ0n) is 14.1. The van der Waals surface area contributed by atoms with E-state index >= 15 is 0 Å². The second-order valence-corrected chi connectivity index (χ2v) is 6.33. The summed E-state index contributed by atoms with van der Waals surface area (Å²) < 4.78 is 7.98. The number of aromatic nitrogens is 2. The Bertz CT molecular complexity index is 856. The molecule has 4 rings (SSSR count). The van der Waals surface area contributed by atoms with Crippen LogP contribution < -0.4 is 4.74 Å². The standard InChI is InChI=1S/C21H22N2O2/c24-14-15-25-20-11-4-3-9-18(20)21-22-12-13-23(21)19-10-5-7-16-6-1-2-8-17(16)19/h1-4,6,8-9,11-13,19,24H,5,7,10,14-15H2. The Morgan fingerprint density at radius 3 is 2.88 bits per heavy atom. The molecule has 0 saturated heterocycles. The van der Waals surface area contributed by atoms with Crippen LogP contribution in [0.2, 0.25) is 0 Å². The Hall–Kier alpha value is -2.59. The third-order valence-electron chi connectivity index (χ3n) is 4.82. The van der Waals surface area contributed by atoms with Gasteiger partial charge in [-0.3, -0.25) is 0 Å². The van der Waals surface area contributed by atoms with Crippen molar-refractivity contribution < 1.29 is 9.84 Å². The van der Waals surface area contributed by atoms with Gasteiger partial charge in [-0.15, -0.1) is 0 Å². The van der Waals surface area contributed by atoms with E-state index in [9.17, 15) is 0 Å². The van der Waals surface area contributed by atoms with E-state index in [1.165, 1.54) is 17.5 Å². The zero-order valence-corrected chi connectivity index (χ0v) is 14.1. The number of ether oxygens (including phenoxy) is 1. The lowest BCUT2D eigenvalue weighted by Gasteiger charge is -2.28. The maximum absolute atomic E-state index is 9.07. The number of aliphatic hydroxyl groups excluding tert-OH is 1. The van der Waals surface area contributed by atoms with Gasteiger partial charge in [-0.05, 0) is 42.5 Å². The maximum atomic E-state index is 9.07. The summed E-state index contributed by atoms with van der Waals surface area (Å²) in [6.45, 7) is 0.281. The fraction of sp³-hybridized carbons (Fsp3) is 0.286. The average molecular weight is 334 g/mol. The van der Waals surface area contributed by atoms with Crippen LogP contribution in [-0.2, 0) is 6.42 Å². The minimum atomic E-state index is -0.00122. The smallest absolute Gasteiger partial charge is 0.144 e. The largest absolute Gasteiger partial charge is 0.490 e. The van der Waals surface area contributed by atoms with Crippen molar-refractivity contribution in [3.8, 4) is 17.1 Å². The summed E-state index contributed by atoms with van der Waals surface area (Å²) in [5, 5.41) is 9.07. The second-order valence-electron chi connectivity index (χ2n) is 6.33. The molecule has 1 N–H and O–H groups in total. The van der Waals surface area contributed by atoms with E-state index in [-0.39, 0.29) is 13.2 Å². The van der Waals surface area contributed by atoms with E-state index in [4.69, 9.17) is 9.84 Å². The molecule has 0 amide bonds. The average Bonchev–Trinajstić information content (AvgIpc) is 3.15. The lowest BCUT2D eigenvalue weighted by Crippen LogP contribution is -2.17. The molecule has 4 heteroatoms. The fourth-order valence-electron chi connectivity index (χ4n) is 3.72. The first-order valence-electron chi connectivity index (χ1n) is 8.82. The minimum Gasteiger partial charge on any atom is -0.490 e. The van der Waals surface area contributed by atoms with Gasteiger partial charge in [0.15, 0.2) is 0 Å². The molecule has 1 unspecified atom stereocenters. The van der Waals surface area contributed by atoms with Crippen LogP contribution in [0.5, 0.6) is 5.75 Å². The number of hydrogen-bond donors (Lipinski definition) is 1. The Labute approximate surface area is 147 Å². The van der Waals surface area contributed by atoms with Crippen LogP contribution in [-0.4, -0.2) is 27.9 Å². The molecule has 0 bridgehead atoms. The predicted octanol–water partition coefficient (Wildman–Crippen LogP) is 3.85. The third-order valence-corrected chi connectivity index (χ3v) is 4.82. The molecule has 1 aromatic heterocycles. The van der Waals surface area contributed by atoms with Gasteiger partial charge < -0.3 is 14.4 Å².